The van der Waals surface area contributed by atoms with Gasteiger partial charge in [-0.15, -0.1) is 0 Å². The number of hydrazone groups is 1. The van der Waals surface area contributed by atoms with Gasteiger partial charge in [0.15, 0.2) is 0 Å². The van der Waals surface area contributed by atoms with Crippen molar-refractivity contribution in [2.75, 3.05) is 5.43 Å². The lowest BCUT2D eigenvalue weighted by atomic mass is 10.1. The van der Waals surface area contributed by atoms with Crippen LogP contribution in [0.3, 0.4) is 0 Å². The van der Waals surface area contributed by atoms with Gasteiger partial charge >= 0.3 is 0 Å². The lowest BCUT2D eigenvalue weighted by Crippen LogP contribution is -1.95. The molecule has 6 heteroatoms. The van der Waals surface area contributed by atoms with E-state index in [4.69, 9.17) is 0 Å². The number of rotatable bonds is 4. The van der Waals surface area contributed by atoms with E-state index in [1.165, 1.54) is 12.1 Å². The van der Waals surface area contributed by atoms with Crippen LogP contribution in [0.1, 0.15) is 16.8 Å². The maximum Gasteiger partial charge on any atom is 0.270 e. The standard InChI is InChI=1S/C18H16N4O2/c1-12-6-7-17-16(8-12)18(9-13(2)20-17)21-19-11-14-4-3-5-15(10-14)22(23)24/h3-11H,1-2H3,(H,20,21)/b19-11+. The van der Waals surface area contributed by atoms with E-state index in [1.54, 1.807) is 18.3 Å². The second-order valence-corrected chi connectivity index (χ2v) is 5.55. The van der Waals surface area contributed by atoms with Crippen molar-refractivity contribution in [3.05, 3.63) is 75.5 Å². The van der Waals surface area contributed by atoms with Crippen LogP contribution in [0.4, 0.5) is 11.4 Å². The summed E-state index contributed by atoms with van der Waals surface area (Å²) in [6.07, 6.45) is 1.56. The van der Waals surface area contributed by atoms with Gasteiger partial charge in [-0.25, -0.2) is 0 Å². The fraction of sp³-hybridized carbons (Fsp3) is 0.111. The Kier molecular flexibility index (Phi) is 4.20. The third-order valence-corrected chi connectivity index (χ3v) is 3.57. The Bertz CT molecular complexity index is 951. The van der Waals surface area contributed by atoms with Crippen LogP contribution in [-0.4, -0.2) is 16.1 Å². The first-order chi connectivity index (χ1) is 11.5. The minimum Gasteiger partial charge on any atom is -0.278 e. The number of aryl methyl sites for hydroxylation is 2. The number of nitrogens with zero attached hydrogens (tertiary/aromatic N) is 3. The normalized spacial score (nSPS) is 11.1. The van der Waals surface area contributed by atoms with E-state index in [9.17, 15) is 10.1 Å². The van der Waals surface area contributed by atoms with Crippen molar-refractivity contribution in [3.63, 3.8) is 0 Å². The molecule has 0 atom stereocenters. The second kappa shape index (κ2) is 6.45. The van der Waals surface area contributed by atoms with E-state index in [0.717, 1.165) is 27.8 Å². The molecular weight excluding hydrogens is 304 g/mol. The Morgan fingerprint density at radius 3 is 2.79 bits per heavy atom. The third-order valence-electron chi connectivity index (χ3n) is 3.57. The summed E-state index contributed by atoms with van der Waals surface area (Å²) >= 11 is 0. The van der Waals surface area contributed by atoms with E-state index >= 15 is 0 Å². The number of aromatic nitrogens is 1. The Morgan fingerprint density at radius 1 is 1.17 bits per heavy atom. The van der Waals surface area contributed by atoms with Gasteiger partial charge in [-0.1, -0.05) is 23.8 Å². The summed E-state index contributed by atoms with van der Waals surface area (Å²) in [6, 6.07) is 14.3. The molecule has 0 amide bonds. The number of anilines is 1. The zero-order chi connectivity index (χ0) is 17.1. The molecule has 2 aromatic carbocycles. The van der Waals surface area contributed by atoms with Crippen LogP contribution >= 0.6 is 0 Å². The quantitative estimate of drug-likeness (QED) is 0.443. The summed E-state index contributed by atoms with van der Waals surface area (Å²) in [5.74, 6) is 0. The molecule has 24 heavy (non-hydrogen) atoms. The SMILES string of the molecule is Cc1ccc2nc(C)cc(N/N=C/c3cccc([N+](=O)[O-])c3)c2c1. The van der Waals surface area contributed by atoms with Crippen LogP contribution in [0.25, 0.3) is 10.9 Å². The predicted octanol–water partition coefficient (Wildman–Crippen LogP) is 4.21. The molecule has 0 bridgehead atoms. The minimum absolute atomic E-state index is 0.0415. The number of fused-ring (bicyclic) bond motifs is 1. The summed E-state index contributed by atoms with van der Waals surface area (Å²) in [7, 11) is 0. The number of non-ortho nitro benzene ring substituents is 1. The summed E-state index contributed by atoms with van der Waals surface area (Å²) in [5.41, 5.74) is 7.48. The van der Waals surface area contributed by atoms with Gasteiger partial charge < -0.3 is 0 Å². The maximum atomic E-state index is 10.8. The smallest absolute Gasteiger partial charge is 0.270 e. The molecule has 0 aliphatic heterocycles. The predicted molar refractivity (Wildman–Crippen MR) is 95.5 cm³/mol. The summed E-state index contributed by atoms with van der Waals surface area (Å²) in [5, 5.41) is 16.0. The first kappa shape index (κ1) is 15.6. The number of pyridine rings is 1. The minimum atomic E-state index is -0.423. The van der Waals surface area contributed by atoms with Crippen LogP contribution < -0.4 is 5.43 Å². The van der Waals surface area contributed by atoms with E-state index in [-0.39, 0.29) is 5.69 Å². The van der Waals surface area contributed by atoms with E-state index in [1.807, 2.05) is 38.1 Å². The molecule has 1 aromatic heterocycles. The number of nitro benzene ring substituents is 1. The second-order valence-electron chi connectivity index (χ2n) is 5.55. The van der Waals surface area contributed by atoms with Crippen LogP contribution in [0.15, 0.2) is 53.6 Å². The van der Waals surface area contributed by atoms with Gasteiger partial charge in [0.25, 0.3) is 5.69 Å². The van der Waals surface area contributed by atoms with E-state index in [0.29, 0.717) is 5.56 Å². The summed E-state index contributed by atoms with van der Waals surface area (Å²) < 4.78 is 0. The van der Waals surface area contributed by atoms with Crippen molar-refractivity contribution >= 4 is 28.5 Å². The lowest BCUT2D eigenvalue weighted by molar-refractivity contribution is -0.384. The largest absolute Gasteiger partial charge is 0.278 e. The lowest BCUT2D eigenvalue weighted by Gasteiger charge is -2.08. The summed E-state index contributed by atoms with van der Waals surface area (Å²) in [6.45, 7) is 3.95. The van der Waals surface area contributed by atoms with Crippen molar-refractivity contribution in [1.82, 2.24) is 4.98 Å². The van der Waals surface area contributed by atoms with Crippen molar-refractivity contribution in [1.29, 1.82) is 0 Å². The Balaban J connectivity index is 1.89. The van der Waals surface area contributed by atoms with Crippen LogP contribution in [0.2, 0.25) is 0 Å². The van der Waals surface area contributed by atoms with E-state index < -0.39 is 4.92 Å². The van der Waals surface area contributed by atoms with Crippen LogP contribution in [0.5, 0.6) is 0 Å². The Labute approximate surface area is 139 Å². The third kappa shape index (κ3) is 3.38. The molecule has 3 rings (SSSR count). The highest BCUT2D eigenvalue weighted by molar-refractivity contribution is 5.92. The highest BCUT2D eigenvalue weighted by Crippen LogP contribution is 2.24. The Hall–Kier alpha value is -3.28. The van der Waals surface area contributed by atoms with Gasteiger partial charge in [0.05, 0.1) is 22.3 Å². The molecule has 0 saturated heterocycles. The molecule has 0 saturated carbocycles. The molecule has 0 radical (unpaired) electrons. The topological polar surface area (TPSA) is 80.4 Å². The molecule has 0 unspecified atom stereocenters. The molecular formula is C18H16N4O2. The van der Waals surface area contributed by atoms with Crippen molar-refractivity contribution < 1.29 is 4.92 Å². The average Bonchev–Trinajstić information content (AvgIpc) is 2.55. The molecule has 120 valence electrons. The van der Waals surface area contributed by atoms with Gasteiger partial charge in [0, 0.05) is 28.8 Å². The highest BCUT2D eigenvalue weighted by Gasteiger charge is 2.05. The Morgan fingerprint density at radius 2 is 2.00 bits per heavy atom. The number of nitrogens with one attached hydrogen (secondary N) is 1. The first-order valence-electron chi connectivity index (χ1n) is 7.44. The average molecular weight is 320 g/mol. The number of nitro groups is 1. The summed E-state index contributed by atoms with van der Waals surface area (Å²) in [4.78, 5) is 14.9. The van der Waals surface area contributed by atoms with Crippen molar-refractivity contribution in [2.45, 2.75) is 13.8 Å². The van der Waals surface area contributed by atoms with Crippen molar-refractivity contribution in [3.8, 4) is 0 Å². The molecule has 1 N–H and O–H groups in total. The molecule has 0 spiro atoms. The maximum absolute atomic E-state index is 10.8. The zero-order valence-electron chi connectivity index (χ0n) is 13.4. The van der Waals surface area contributed by atoms with Crippen LogP contribution in [0, 0.1) is 24.0 Å². The fourth-order valence-corrected chi connectivity index (χ4v) is 2.46. The van der Waals surface area contributed by atoms with Gasteiger partial charge in [-0.3, -0.25) is 20.5 Å². The molecule has 0 fully saturated rings. The number of hydrogen-bond donors (Lipinski definition) is 1. The van der Waals surface area contributed by atoms with Gasteiger partial charge in [-0.2, -0.15) is 5.10 Å². The molecule has 1 heterocycles. The highest BCUT2D eigenvalue weighted by atomic mass is 16.6. The van der Waals surface area contributed by atoms with E-state index in [2.05, 4.69) is 15.5 Å². The van der Waals surface area contributed by atoms with Crippen molar-refractivity contribution in [2.24, 2.45) is 5.10 Å². The molecule has 0 aliphatic carbocycles. The van der Waals surface area contributed by atoms with Crippen LogP contribution in [-0.2, 0) is 0 Å². The van der Waals surface area contributed by atoms with Gasteiger partial charge in [-0.05, 0) is 32.0 Å². The molecule has 0 aliphatic rings. The zero-order valence-corrected chi connectivity index (χ0v) is 13.4. The number of benzene rings is 2. The molecule has 6 nitrogen and oxygen atoms in total. The first-order valence-corrected chi connectivity index (χ1v) is 7.44. The number of hydrogen-bond acceptors (Lipinski definition) is 5. The molecule has 3 aromatic rings. The van der Waals surface area contributed by atoms with Gasteiger partial charge in [0.2, 0.25) is 0 Å². The van der Waals surface area contributed by atoms with Gasteiger partial charge in [0.1, 0.15) is 0 Å². The monoisotopic (exact) mass is 320 g/mol. The fourth-order valence-electron chi connectivity index (χ4n) is 2.46.